The maximum atomic E-state index is 13.6. The first-order chi connectivity index (χ1) is 13.0. The SMILES string of the molecule is Cc1nn(Cc2ccccc2)c(C)c1/C=N\NC(=S)Nc1ccccc1F. The molecule has 1 heterocycles. The van der Waals surface area contributed by atoms with Crippen LogP contribution in [0.3, 0.4) is 0 Å². The molecular weight excluding hydrogens is 361 g/mol. The fourth-order valence-corrected chi connectivity index (χ4v) is 2.84. The zero-order chi connectivity index (χ0) is 19.2. The van der Waals surface area contributed by atoms with Gasteiger partial charge in [0, 0.05) is 11.3 Å². The van der Waals surface area contributed by atoms with Crippen molar-refractivity contribution in [2.75, 3.05) is 5.32 Å². The Morgan fingerprint density at radius 1 is 1.15 bits per heavy atom. The van der Waals surface area contributed by atoms with Gasteiger partial charge in [-0.25, -0.2) is 4.39 Å². The number of hydrazone groups is 1. The lowest BCUT2D eigenvalue weighted by Crippen LogP contribution is -2.24. The molecule has 1 aromatic heterocycles. The summed E-state index contributed by atoms with van der Waals surface area (Å²) in [4.78, 5) is 0. The molecule has 5 nitrogen and oxygen atoms in total. The Balaban J connectivity index is 1.65. The van der Waals surface area contributed by atoms with Gasteiger partial charge in [0.1, 0.15) is 5.82 Å². The molecule has 0 saturated heterocycles. The van der Waals surface area contributed by atoms with Gasteiger partial charge in [-0.1, -0.05) is 42.5 Å². The monoisotopic (exact) mass is 381 g/mol. The van der Waals surface area contributed by atoms with Crippen molar-refractivity contribution in [3.63, 3.8) is 0 Å². The van der Waals surface area contributed by atoms with E-state index in [1.54, 1.807) is 24.4 Å². The highest BCUT2D eigenvalue weighted by Crippen LogP contribution is 2.13. The average molecular weight is 381 g/mol. The molecule has 3 rings (SSSR count). The summed E-state index contributed by atoms with van der Waals surface area (Å²) >= 11 is 5.15. The molecule has 0 unspecified atom stereocenters. The molecule has 0 amide bonds. The van der Waals surface area contributed by atoms with Crippen molar-refractivity contribution in [2.24, 2.45) is 5.10 Å². The van der Waals surface area contributed by atoms with E-state index in [1.807, 2.05) is 36.7 Å². The van der Waals surface area contributed by atoms with Crippen molar-refractivity contribution < 1.29 is 4.39 Å². The summed E-state index contributed by atoms with van der Waals surface area (Å²) in [5.74, 6) is -0.375. The second kappa shape index (κ2) is 8.55. The summed E-state index contributed by atoms with van der Waals surface area (Å²) in [6, 6.07) is 16.5. The summed E-state index contributed by atoms with van der Waals surface area (Å²) in [7, 11) is 0. The summed E-state index contributed by atoms with van der Waals surface area (Å²) < 4.78 is 15.6. The number of benzene rings is 2. The average Bonchev–Trinajstić information content (AvgIpc) is 2.92. The smallest absolute Gasteiger partial charge is 0.191 e. The van der Waals surface area contributed by atoms with Gasteiger partial charge in [0.2, 0.25) is 0 Å². The van der Waals surface area contributed by atoms with Gasteiger partial charge in [-0.2, -0.15) is 10.2 Å². The van der Waals surface area contributed by atoms with Gasteiger partial charge in [0.25, 0.3) is 0 Å². The molecular formula is C20H20FN5S. The predicted molar refractivity (Wildman–Crippen MR) is 111 cm³/mol. The van der Waals surface area contributed by atoms with E-state index in [0.717, 1.165) is 17.0 Å². The minimum Gasteiger partial charge on any atom is -0.329 e. The van der Waals surface area contributed by atoms with Crippen LogP contribution in [0.1, 0.15) is 22.5 Å². The molecule has 0 spiro atoms. The second-order valence-corrected chi connectivity index (χ2v) is 6.44. The first-order valence-corrected chi connectivity index (χ1v) is 8.88. The largest absolute Gasteiger partial charge is 0.329 e. The lowest BCUT2D eigenvalue weighted by Gasteiger charge is -2.07. The normalized spacial score (nSPS) is 10.9. The second-order valence-electron chi connectivity index (χ2n) is 6.03. The number of nitrogens with zero attached hydrogens (tertiary/aromatic N) is 3. The molecule has 7 heteroatoms. The number of thiocarbonyl (C=S) groups is 1. The molecule has 0 atom stereocenters. The lowest BCUT2D eigenvalue weighted by atomic mass is 10.2. The van der Waals surface area contributed by atoms with Gasteiger partial charge in [-0.15, -0.1) is 0 Å². The first-order valence-electron chi connectivity index (χ1n) is 8.47. The van der Waals surface area contributed by atoms with Gasteiger partial charge < -0.3 is 5.32 Å². The topological polar surface area (TPSA) is 54.2 Å². The molecule has 0 aliphatic heterocycles. The number of rotatable bonds is 5. The van der Waals surface area contributed by atoms with E-state index in [9.17, 15) is 4.39 Å². The van der Waals surface area contributed by atoms with Crippen LogP contribution in [-0.2, 0) is 6.54 Å². The number of hydrogen-bond donors (Lipinski definition) is 2. The third kappa shape index (κ3) is 4.77. The molecule has 2 aromatic carbocycles. The Labute approximate surface area is 162 Å². The number of aromatic nitrogens is 2. The maximum absolute atomic E-state index is 13.6. The highest BCUT2D eigenvalue weighted by Gasteiger charge is 2.10. The highest BCUT2D eigenvalue weighted by molar-refractivity contribution is 7.80. The number of hydrogen-bond acceptors (Lipinski definition) is 3. The maximum Gasteiger partial charge on any atom is 0.191 e. The van der Waals surface area contributed by atoms with Crippen LogP contribution < -0.4 is 10.7 Å². The molecule has 0 aliphatic carbocycles. The van der Waals surface area contributed by atoms with Crippen LogP contribution >= 0.6 is 12.2 Å². The molecule has 138 valence electrons. The van der Waals surface area contributed by atoms with Crippen LogP contribution in [0.25, 0.3) is 0 Å². The van der Waals surface area contributed by atoms with Crippen molar-refractivity contribution in [1.29, 1.82) is 0 Å². The lowest BCUT2D eigenvalue weighted by molar-refractivity contribution is 0.632. The summed E-state index contributed by atoms with van der Waals surface area (Å²) in [5, 5.41) is 11.7. The van der Waals surface area contributed by atoms with Gasteiger partial charge in [0.05, 0.1) is 24.1 Å². The standard InChI is InChI=1S/C20H20FN5S/c1-14-17(15(2)26(25-14)13-16-8-4-3-5-9-16)12-22-24-20(27)23-19-11-7-6-10-18(19)21/h3-12H,13H2,1-2H3,(H2,23,24,27)/b22-12-. The Morgan fingerprint density at radius 3 is 2.59 bits per heavy atom. The van der Waals surface area contributed by atoms with Crippen LogP contribution in [0.4, 0.5) is 10.1 Å². The summed E-state index contributed by atoms with van der Waals surface area (Å²) in [6.45, 7) is 4.63. The molecule has 0 aliphatic rings. The van der Waals surface area contributed by atoms with Gasteiger partial charge in [0.15, 0.2) is 5.11 Å². The van der Waals surface area contributed by atoms with Gasteiger partial charge in [-0.05, 0) is 43.8 Å². The van der Waals surface area contributed by atoms with Gasteiger partial charge >= 0.3 is 0 Å². The first kappa shape index (κ1) is 18.7. The van der Waals surface area contributed by atoms with E-state index in [0.29, 0.717) is 12.2 Å². The fraction of sp³-hybridized carbons (Fsp3) is 0.150. The molecule has 0 radical (unpaired) electrons. The van der Waals surface area contributed by atoms with E-state index in [2.05, 4.69) is 33.1 Å². The Hall–Kier alpha value is -3.06. The predicted octanol–water partition coefficient (Wildman–Crippen LogP) is 4.01. The van der Waals surface area contributed by atoms with Crippen LogP contribution in [0.2, 0.25) is 0 Å². The summed E-state index contributed by atoms with van der Waals surface area (Å²) in [5.41, 5.74) is 7.00. The number of aryl methyl sites for hydroxylation is 1. The quantitative estimate of drug-likeness (QED) is 0.398. The zero-order valence-electron chi connectivity index (χ0n) is 15.1. The minimum atomic E-state index is -0.375. The Bertz CT molecular complexity index is 966. The number of halogens is 1. The van der Waals surface area contributed by atoms with E-state index < -0.39 is 0 Å². The number of para-hydroxylation sites is 1. The molecule has 3 aromatic rings. The van der Waals surface area contributed by atoms with Crippen molar-refractivity contribution >= 4 is 29.2 Å². The molecule has 0 saturated carbocycles. The van der Waals surface area contributed by atoms with Crippen molar-refractivity contribution in [1.82, 2.24) is 15.2 Å². The highest BCUT2D eigenvalue weighted by atomic mass is 32.1. The van der Waals surface area contributed by atoms with Crippen LogP contribution in [0.5, 0.6) is 0 Å². The molecule has 2 N–H and O–H groups in total. The van der Waals surface area contributed by atoms with Crippen LogP contribution in [0.15, 0.2) is 59.7 Å². The molecule has 0 bridgehead atoms. The Morgan fingerprint density at radius 2 is 1.85 bits per heavy atom. The van der Waals surface area contributed by atoms with Crippen molar-refractivity contribution in [3.05, 3.63) is 82.9 Å². The molecule has 27 heavy (non-hydrogen) atoms. The van der Waals surface area contributed by atoms with E-state index >= 15 is 0 Å². The van der Waals surface area contributed by atoms with Crippen LogP contribution in [0, 0.1) is 19.7 Å². The molecule has 0 fully saturated rings. The number of anilines is 1. The van der Waals surface area contributed by atoms with Crippen LogP contribution in [-0.4, -0.2) is 21.1 Å². The fourth-order valence-electron chi connectivity index (χ4n) is 2.68. The van der Waals surface area contributed by atoms with Gasteiger partial charge in [-0.3, -0.25) is 10.1 Å². The zero-order valence-corrected chi connectivity index (χ0v) is 15.9. The van der Waals surface area contributed by atoms with E-state index in [4.69, 9.17) is 12.2 Å². The number of nitrogens with one attached hydrogen (secondary N) is 2. The van der Waals surface area contributed by atoms with Crippen molar-refractivity contribution in [3.8, 4) is 0 Å². The minimum absolute atomic E-state index is 0.211. The van der Waals surface area contributed by atoms with E-state index in [1.165, 1.54) is 11.6 Å². The van der Waals surface area contributed by atoms with E-state index in [-0.39, 0.29) is 10.9 Å². The summed E-state index contributed by atoms with van der Waals surface area (Å²) in [6.07, 6.45) is 1.68. The Kier molecular flexibility index (Phi) is 5.93. The third-order valence-corrected chi connectivity index (χ3v) is 4.29. The third-order valence-electron chi connectivity index (χ3n) is 4.09. The van der Waals surface area contributed by atoms with Crippen molar-refractivity contribution in [2.45, 2.75) is 20.4 Å².